The first-order chi connectivity index (χ1) is 12.7. The van der Waals surface area contributed by atoms with Gasteiger partial charge >= 0.3 is 6.03 Å². The molecule has 0 N–H and O–H groups in total. The molecule has 5 heteroatoms. The summed E-state index contributed by atoms with van der Waals surface area (Å²) in [7, 11) is 0. The van der Waals surface area contributed by atoms with Crippen molar-refractivity contribution in [1.82, 2.24) is 9.80 Å². The van der Waals surface area contributed by atoms with Crippen molar-refractivity contribution in [1.29, 1.82) is 0 Å². The minimum Gasteiger partial charge on any atom is -0.309 e. The van der Waals surface area contributed by atoms with Gasteiger partial charge in [-0.05, 0) is 29.7 Å². The van der Waals surface area contributed by atoms with E-state index in [4.69, 9.17) is 0 Å². The summed E-state index contributed by atoms with van der Waals surface area (Å²) in [4.78, 5) is 31.0. The zero-order valence-electron chi connectivity index (χ0n) is 15.0. The number of anilines is 1. The molecule has 2 aromatic rings. The molecule has 2 aromatic carbocycles. The van der Waals surface area contributed by atoms with Crippen LogP contribution in [0.4, 0.5) is 10.5 Å². The number of hydrogen-bond acceptors (Lipinski definition) is 3. The average molecular weight is 349 g/mol. The molecular weight excluding hydrogens is 326 g/mol. The predicted molar refractivity (Wildman–Crippen MR) is 101 cm³/mol. The van der Waals surface area contributed by atoms with Gasteiger partial charge in [0.2, 0.25) is 0 Å². The molecular formula is C21H23N3O2. The van der Waals surface area contributed by atoms with Gasteiger partial charge in [-0.2, -0.15) is 0 Å². The van der Waals surface area contributed by atoms with Crippen LogP contribution in [0.15, 0.2) is 54.6 Å². The summed E-state index contributed by atoms with van der Waals surface area (Å²) >= 11 is 0. The molecule has 3 amide bonds. The van der Waals surface area contributed by atoms with E-state index in [-0.39, 0.29) is 18.0 Å². The molecule has 2 heterocycles. The molecule has 2 aliphatic heterocycles. The van der Waals surface area contributed by atoms with E-state index in [9.17, 15) is 9.59 Å². The predicted octanol–water partition coefficient (Wildman–Crippen LogP) is 2.90. The van der Waals surface area contributed by atoms with Gasteiger partial charge in [0.25, 0.3) is 5.91 Å². The summed E-state index contributed by atoms with van der Waals surface area (Å²) in [5, 5.41) is 0. The largest absolute Gasteiger partial charge is 0.332 e. The van der Waals surface area contributed by atoms with Crippen LogP contribution >= 0.6 is 0 Å². The number of amides is 3. The van der Waals surface area contributed by atoms with Crippen LogP contribution in [0, 0.1) is 0 Å². The van der Waals surface area contributed by atoms with Crippen molar-refractivity contribution < 1.29 is 9.59 Å². The molecule has 0 bridgehead atoms. The molecule has 2 aliphatic rings. The van der Waals surface area contributed by atoms with E-state index in [0.717, 1.165) is 19.5 Å². The molecule has 2 saturated heterocycles. The lowest BCUT2D eigenvalue weighted by atomic mass is 10.1. The molecule has 1 unspecified atom stereocenters. The normalized spacial score (nSPS) is 20.6. The number of benzene rings is 2. The lowest BCUT2D eigenvalue weighted by Crippen LogP contribution is -2.52. The van der Waals surface area contributed by atoms with Crippen molar-refractivity contribution in [3.63, 3.8) is 0 Å². The van der Waals surface area contributed by atoms with E-state index in [2.05, 4.69) is 24.0 Å². The summed E-state index contributed by atoms with van der Waals surface area (Å²) in [6.45, 7) is 4.85. The molecule has 0 saturated carbocycles. The van der Waals surface area contributed by atoms with Crippen molar-refractivity contribution in [3.8, 4) is 0 Å². The highest BCUT2D eigenvalue weighted by atomic mass is 16.2. The molecule has 0 aromatic heterocycles. The highest BCUT2D eigenvalue weighted by Crippen LogP contribution is 2.28. The number of aryl methyl sites for hydroxylation is 1. The number of urea groups is 1. The third-order valence-corrected chi connectivity index (χ3v) is 5.26. The van der Waals surface area contributed by atoms with Crippen LogP contribution in [-0.2, 0) is 17.8 Å². The van der Waals surface area contributed by atoms with Crippen LogP contribution in [0.1, 0.15) is 18.1 Å². The number of fused-ring (bicyclic) bond motifs is 1. The highest BCUT2D eigenvalue weighted by Gasteiger charge is 2.48. The van der Waals surface area contributed by atoms with Gasteiger partial charge in [0, 0.05) is 26.2 Å². The van der Waals surface area contributed by atoms with E-state index in [1.807, 2.05) is 42.5 Å². The first-order valence-corrected chi connectivity index (χ1v) is 9.17. The van der Waals surface area contributed by atoms with Crippen molar-refractivity contribution in [2.45, 2.75) is 25.9 Å². The smallest absolute Gasteiger partial charge is 0.309 e. The molecule has 134 valence electrons. The third kappa shape index (κ3) is 2.99. The summed E-state index contributed by atoms with van der Waals surface area (Å²) in [6, 6.07) is 17.4. The van der Waals surface area contributed by atoms with Crippen LogP contribution in [0.2, 0.25) is 0 Å². The molecule has 4 rings (SSSR count). The Labute approximate surface area is 153 Å². The maximum Gasteiger partial charge on any atom is 0.332 e. The van der Waals surface area contributed by atoms with E-state index >= 15 is 0 Å². The summed E-state index contributed by atoms with van der Waals surface area (Å²) < 4.78 is 0. The molecule has 0 spiro atoms. The van der Waals surface area contributed by atoms with Gasteiger partial charge in [-0.3, -0.25) is 9.69 Å². The number of carbonyl (C=O) groups is 2. The third-order valence-electron chi connectivity index (χ3n) is 5.26. The van der Waals surface area contributed by atoms with Crippen molar-refractivity contribution in [3.05, 3.63) is 65.7 Å². The topological polar surface area (TPSA) is 43.9 Å². The summed E-state index contributed by atoms with van der Waals surface area (Å²) in [5.41, 5.74) is 3.09. The van der Waals surface area contributed by atoms with Crippen LogP contribution in [0.25, 0.3) is 0 Å². The lowest BCUT2D eigenvalue weighted by Gasteiger charge is -2.35. The Bertz CT molecular complexity index is 804. The van der Waals surface area contributed by atoms with Crippen molar-refractivity contribution in [2.75, 3.05) is 24.5 Å². The molecule has 0 aliphatic carbocycles. The second-order valence-corrected chi connectivity index (χ2v) is 6.91. The number of carbonyl (C=O) groups excluding carboxylic acids is 2. The Kier molecular flexibility index (Phi) is 4.47. The van der Waals surface area contributed by atoms with E-state index in [1.54, 1.807) is 4.90 Å². The maximum atomic E-state index is 12.9. The standard InChI is InChI=1S/C21H23N3O2/c1-2-16-8-10-18(11-9-16)24-20(25)19-15-22(12-13-23(19)21(24)26)14-17-6-4-3-5-7-17/h3-11,19H,2,12-15H2,1H3. The summed E-state index contributed by atoms with van der Waals surface area (Å²) in [6.07, 6.45) is 0.936. The number of piperazine rings is 1. The average Bonchev–Trinajstić information content (AvgIpc) is 2.93. The van der Waals surface area contributed by atoms with Crippen LogP contribution in [-0.4, -0.2) is 47.4 Å². The van der Waals surface area contributed by atoms with Crippen LogP contribution in [0.3, 0.4) is 0 Å². The second kappa shape index (κ2) is 6.92. The second-order valence-electron chi connectivity index (χ2n) is 6.91. The highest BCUT2D eigenvalue weighted by molar-refractivity contribution is 6.21. The molecule has 0 radical (unpaired) electrons. The Hall–Kier alpha value is -2.66. The fourth-order valence-electron chi connectivity index (χ4n) is 3.76. The SMILES string of the molecule is CCc1ccc(N2C(=O)C3CN(Cc4ccccc4)CCN3C2=O)cc1. The maximum absolute atomic E-state index is 12.9. The van der Waals surface area contributed by atoms with Gasteiger partial charge in [-0.25, -0.2) is 9.69 Å². The molecule has 1 atom stereocenters. The van der Waals surface area contributed by atoms with Gasteiger partial charge in [0.15, 0.2) is 0 Å². The zero-order chi connectivity index (χ0) is 18.1. The van der Waals surface area contributed by atoms with Crippen LogP contribution in [0.5, 0.6) is 0 Å². The first-order valence-electron chi connectivity index (χ1n) is 9.17. The van der Waals surface area contributed by atoms with E-state index in [0.29, 0.717) is 18.8 Å². The number of rotatable bonds is 4. The van der Waals surface area contributed by atoms with Gasteiger partial charge in [0.1, 0.15) is 6.04 Å². The Balaban J connectivity index is 1.51. The monoisotopic (exact) mass is 349 g/mol. The minimum atomic E-state index is -0.384. The molecule has 2 fully saturated rings. The fourth-order valence-corrected chi connectivity index (χ4v) is 3.76. The lowest BCUT2D eigenvalue weighted by molar-refractivity contribution is -0.121. The van der Waals surface area contributed by atoms with Crippen molar-refractivity contribution in [2.24, 2.45) is 0 Å². The van der Waals surface area contributed by atoms with Gasteiger partial charge in [-0.15, -0.1) is 0 Å². The quantitative estimate of drug-likeness (QED) is 0.797. The van der Waals surface area contributed by atoms with Crippen LogP contribution < -0.4 is 4.90 Å². The van der Waals surface area contributed by atoms with E-state index < -0.39 is 0 Å². The molecule has 26 heavy (non-hydrogen) atoms. The van der Waals surface area contributed by atoms with Gasteiger partial charge < -0.3 is 4.90 Å². The van der Waals surface area contributed by atoms with Crippen molar-refractivity contribution >= 4 is 17.6 Å². The Morgan fingerprint density at radius 3 is 2.35 bits per heavy atom. The Morgan fingerprint density at radius 2 is 1.65 bits per heavy atom. The minimum absolute atomic E-state index is 0.114. The van der Waals surface area contributed by atoms with Gasteiger partial charge in [-0.1, -0.05) is 49.4 Å². The number of imide groups is 1. The number of nitrogens with zero attached hydrogens (tertiary/aromatic N) is 3. The summed E-state index contributed by atoms with van der Waals surface area (Å²) in [5.74, 6) is -0.114. The van der Waals surface area contributed by atoms with E-state index in [1.165, 1.54) is 16.0 Å². The first kappa shape index (κ1) is 16.8. The van der Waals surface area contributed by atoms with Gasteiger partial charge in [0.05, 0.1) is 5.69 Å². The fraction of sp³-hybridized carbons (Fsp3) is 0.333. The Morgan fingerprint density at radius 1 is 0.923 bits per heavy atom. The number of hydrogen-bond donors (Lipinski definition) is 0. The zero-order valence-corrected chi connectivity index (χ0v) is 15.0. The molecule has 5 nitrogen and oxygen atoms in total.